The van der Waals surface area contributed by atoms with E-state index in [1.54, 1.807) is 6.07 Å². The fraction of sp³-hybridized carbons (Fsp3) is 0.0667. The van der Waals surface area contributed by atoms with Crippen LogP contribution in [0.3, 0.4) is 0 Å². The van der Waals surface area contributed by atoms with E-state index in [4.69, 9.17) is 9.15 Å². The molecule has 124 valence electrons. The lowest BCUT2D eigenvalue weighted by molar-refractivity contribution is 0.0996. The Morgan fingerprint density at radius 2 is 2.12 bits per heavy atom. The zero-order chi connectivity index (χ0) is 17.2. The number of amides is 1. The van der Waals surface area contributed by atoms with Crippen LogP contribution >= 0.6 is 0 Å². The van der Waals surface area contributed by atoms with Gasteiger partial charge in [-0.25, -0.2) is 8.96 Å². The number of hydrogen-bond acceptors (Lipinski definition) is 6. The molecule has 1 amide bonds. The number of pyridine rings is 1. The van der Waals surface area contributed by atoms with E-state index >= 15 is 0 Å². The maximum atomic E-state index is 12.5. The maximum Gasteiger partial charge on any atom is 0.291 e. The Kier molecular flexibility index (Phi) is 4.09. The third-order valence-electron chi connectivity index (χ3n) is 3.16. The number of nitrogens with zero attached hydrogens (tertiary/aromatic N) is 2. The van der Waals surface area contributed by atoms with Gasteiger partial charge in [0.15, 0.2) is 10.8 Å². The third-order valence-corrected chi connectivity index (χ3v) is 4.71. The molecule has 0 aliphatic heterocycles. The predicted octanol–water partition coefficient (Wildman–Crippen LogP) is 1.97. The molecule has 3 rings (SSSR count). The lowest BCUT2D eigenvalue weighted by atomic mass is 10.4. The summed E-state index contributed by atoms with van der Waals surface area (Å²) in [7, 11) is -2.39. The standard InChI is InChI=1S/C15H13N3O5S/c1-22-12-4-5-14(16-9-12)24(20,21)18-7-6-11(10-18)17-15(19)13-3-2-8-23-13/h2-10H,1H3,(H,17,19). The summed E-state index contributed by atoms with van der Waals surface area (Å²) in [5.41, 5.74) is 0.313. The average molecular weight is 347 g/mol. The van der Waals surface area contributed by atoms with E-state index in [9.17, 15) is 13.2 Å². The summed E-state index contributed by atoms with van der Waals surface area (Å²) in [6.07, 6.45) is 5.29. The molecule has 0 aromatic carbocycles. The highest BCUT2D eigenvalue weighted by atomic mass is 32.2. The van der Waals surface area contributed by atoms with Gasteiger partial charge in [-0.3, -0.25) is 4.79 Å². The van der Waals surface area contributed by atoms with Crippen LogP contribution in [0.5, 0.6) is 5.75 Å². The highest BCUT2D eigenvalue weighted by molar-refractivity contribution is 7.89. The van der Waals surface area contributed by atoms with Gasteiger partial charge in [-0.2, -0.15) is 8.42 Å². The Bertz CT molecular complexity index is 943. The van der Waals surface area contributed by atoms with Crippen LogP contribution in [0.15, 0.2) is 64.6 Å². The van der Waals surface area contributed by atoms with Gasteiger partial charge in [-0.15, -0.1) is 0 Å². The van der Waals surface area contributed by atoms with Crippen molar-refractivity contribution in [3.63, 3.8) is 0 Å². The molecule has 8 nitrogen and oxygen atoms in total. The van der Waals surface area contributed by atoms with Gasteiger partial charge in [0.1, 0.15) is 5.75 Å². The van der Waals surface area contributed by atoms with Crippen molar-refractivity contribution in [1.29, 1.82) is 0 Å². The van der Waals surface area contributed by atoms with E-state index in [-0.39, 0.29) is 10.8 Å². The summed E-state index contributed by atoms with van der Waals surface area (Å²) in [6, 6.07) is 7.39. The molecule has 0 atom stereocenters. The van der Waals surface area contributed by atoms with Crippen LogP contribution in [0.2, 0.25) is 0 Å². The van der Waals surface area contributed by atoms with Gasteiger partial charge in [0, 0.05) is 12.4 Å². The predicted molar refractivity (Wildman–Crippen MR) is 84.5 cm³/mol. The molecule has 0 bridgehead atoms. The summed E-state index contributed by atoms with van der Waals surface area (Å²) >= 11 is 0. The molecule has 3 heterocycles. The molecular formula is C15H13N3O5S. The number of nitrogens with one attached hydrogen (secondary N) is 1. The van der Waals surface area contributed by atoms with Gasteiger partial charge in [0.25, 0.3) is 15.9 Å². The van der Waals surface area contributed by atoms with Crippen molar-refractivity contribution < 1.29 is 22.4 Å². The zero-order valence-electron chi connectivity index (χ0n) is 12.5. The molecule has 24 heavy (non-hydrogen) atoms. The van der Waals surface area contributed by atoms with Crippen molar-refractivity contribution in [2.24, 2.45) is 0 Å². The zero-order valence-corrected chi connectivity index (χ0v) is 13.4. The largest absolute Gasteiger partial charge is 0.495 e. The first-order chi connectivity index (χ1) is 11.5. The van der Waals surface area contributed by atoms with Crippen molar-refractivity contribution in [3.8, 4) is 5.75 Å². The summed E-state index contributed by atoms with van der Waals surface area (Å²) in [6.45, 7) is 0. The van der Waals surface area contributed by atoms with E-state index in [2.05, 4.69) is 10.3 Å². The summed E-state index contributed by atoms with van der Waals surface area (Å²) in [4.78, 5) is 15.8. The highest BCUT2D eigenvalue weighted by Crippen LogP contribution is 2.18. The molecular weight excluding hydrogens is 334 g/mol. The van der Waals surface area contributed by atoms with E-state index in [1.165, 1.54) is 56.2 Å². The molecule has 0 saturated carbocycles. The number of furan rings is 1. The monoisotopic (exact) mass is 347 g/mol. The highest BCUT2D eigenvalue weighted by Gasteiger charge is 2.19. The first-order valence-electron chi connectivity index (χ1n) is 6.79. The van der Waals surface area contributed by atoms with Crippen LogP contribution in [-0.2, 0) is 10.0 Å². The Hall–Kier alpha value is -3.07. The molecule has 9 heteroatoms. The van der Waals surface area contributed by atoms with Gasteiger partial charge in [-0.05, 0) is 30.3 Å². The van der Waals surface area contributed by atoms with Gasteiger partial charge < -0.3 is 14.5 Å². The summed E-state index contributed by atoms with van der Waals surface area (Å²) in [5, 5.41) is 2.41. The Morgan fingerprint density at radius 1 is 1.29 bits per heavy atom. The molecule has 0 fully saturated rings. The second kappa shape index (κ2) is 6.20. The van der Waals surface area contributed by atoms with Gasteiger partial charge >= 0.3 is 0 Å². The van der Waals surface area contributed by atoms with Crippen LogP contribution in [0.1, 0.15) is 10.6 Å². The molecule has 0 aliphatic carbocycles. The summed E-state index contributed by atoms with van der Waals surface area (Å²) in [5.74, 6) is 0.105. The van der Waals surface area contributed by atoms with Crippen molar-refractivity contribution in [3.05, 3.63) is 60.9 Å². The number of ether oxygens (including phenoxy) is 1. The van der Waals surface area contributed by atoms with Crippen LogP contribution < -0.4 is 10.1 Å². The minimum absolute atomic E-state index is 0.127. The molecule has 3 aromatic heterocycles. The van der Waals surface area contributed by atoms with Gasteiger partial charge in [0.2, 0.25) is 0 Å². The second-order valence-electron chi connectivity index (χ2n) is 4.70. The smallest absolute Gasteiger partial charge is 0.291 e. The molecule has 0 saturated heterocycles. The number of hydrogen-bond donors (Lipinski definition) is 1. The van der Waals surface area contributed by atoms with Gasteiger partial charge in [0.05, 0.1) is 25.3 Å². The van der Waals surface area contributed by atoms with Crippen LogP contribution in [-0.4, -0.2) is 30.4 Å². The van der Waals surface area contributed by atoms with Crippen molar-refractivity contribution in [2.75, 3.05) is 12.4 Å². The number of rotatable bonds is 5. The maximum absolute atomic E-state index is 12.5. The lowest BCUT2D eigenvalue weighted by Gasteiger charge is -2.05. The minimum atomic E-state index is -3.86. The minimum Gasteiger partial charge on any atom is -0.495 e. The number of carbonyl (C=O) groups is 1. The Labute approximate surface area is 137 Å². The Balaban J connectivity index is 1.82. The first-order valence-corrected chi connectivity index (χ1v) is 8.23. The fourth-order valence-electron chi connectivity index (χ4n) is 1.95. The quantitative estimate of drug-likeness (QED) is 0.757. The SMILES string of the molecule is COc1ccc(S(=O)(=O)n2ccc(NC(=O)c3ccco3)c2)nc1. The van der Waals surface area contributed by atoms with Crippen molar-refractivity contribution in [2.45, 2.75) is 5.03 Å². The van der Waals surface area contributed by atoms with E-state index < -0.39 is 15.9 Å². The average Bonchev–Trinajstić information content (AvgIpc) is 3.26. The number of aromatic nitrogens is 2. The van der Waals surface area contributed by atoms with E-state index in [0.717, 1.165) is 3.97 Å². The molecule has 0 aliphatic rings. The second-order valence-corrected chi connectivity index (χ2v) is 6.49. The number of carbonyl (C=O) groups excluding carboxylic acids is 1. The van der Waals surface area contributed by atoms with Crippen LogP contribution in [0.4, 0.5) is 5.69 Å². The topological polar surface area (TPSA) is 103 Å². The molecule has 1 N–H and O–H groups in total. The lowest BCUT2D eigenvalue weighted by Crippen LogP contribution is -2.13. The van der Waals surface area contributed by atoms with Crippen molar-refractivity contribution >= 4 is 21.6 Å². The first kappa shape index (κ1) is 15.8. The summed E-state index contributed by atoms with van der Waals surface area (Å²) < 4.78 is 35.9. The molecule has 0 radical (unpaired) electrons. The van der Waals surface area contributed by atoms with E-state index in [1.807, 2.05) is 0 Å². The van der Waals surface area contributed by atoms with Crippen molar-refractivity contribution in [1.82, 2.24) is 8.96 Å². The molecule has 0 spiro atoms. The van der Waals surface area contributed by atoms with Crippen LogP contribution in [0, 0.1) is 0 Å². The fourth-order valence-corrected chi connectivity index (χ4v) is 3.06. The third kappa shape index (κ3) is 3.01. The number of anilines is 1. The van der Waals surface area contributed by atoms with Crippen LogP contribution in [0.25, 0.3) is 0 Å². The Morgan fingerprint density at radius 3 is 2.75 bits per heavy atom. The molecule has 3 aromatic rings. The molecule has 0 unspecified atom stereocenters. The van der Waals surface area contributed by atoms with E-state index in [0.29, 0.717) is 11.4 Å². The normalized spacial score (nSPS) is 11.2. The van der Waals surface area contributed by atoms with Gasteiger partial charge in [-0.1, -0.05) is 0 Å². The number of methoxy groups -OCH3 is 1.